The summed E-state index contributed by atoms with van der Waals surface area (Å²) >= 11 is 0. The molecule has 0 N–H and O–H groups in total. The summed E-state index contributed by atoms with van der Waals surface area (Å²) in [5.41, 5.74) is 2.00. The van der Waals surface area contributed by atoms with Crippen molar-refractivity contribution in [1.82, 2.24) is 9.80 Å². The Morgan fingerprint density at radius 2 is 1.57 bits per heavy atom. The van der Waals surface area contributed by atoms with Gasteiger partial charge in [-0.25, -0.2) is 0 Å². The van der Waals surface area contributed by atoms with Gasteiger partial charge in [0.05, 0.1) is 19.6 Å². The molecule has 0 radical (unpaired) electrons. The van der Waals surface area contributed by atoms with Gasteiger partial charge >= 0.3 is 0 Å². The van der Waals surface area contributed by atoms with Gasteiger partial charge in [-0.05, 0) is 66.5 Å². The third-order valence-corrected chi connectivity index (χ3v) is 10.8. The highest BCUT2D eigenvalue weighted by molar-refractivity contribution is 6.24. The highest BCUT2D eigenvalue weighted by Crippen LogP contribution is 2.70. The Morgan fingerprint density at radius 3 is 2.36 bits per heavy atom. The molecule has 44 heavy (non-hydrogen) atoms. The Kier molecular flexibility index (Phi) is 6.13. The van der Waals surface area contributed by atoms with Crippen molar-refractivity contribution >= 4 is 28.4 Å². The Hall–Kier alpha value is -4.26. The molecule has 4 atom stereocenters. The van der Waals surface area contributed by atoms with Crippen LogP contribution in [-0.4, -0.2) is 68.3 Å². The van der Waals surface area contributed by atoms with Gasteiger partial charge < -0.3 is 14.4 Å². The van der Waals surface area contributed by atoms with E-state index in [4.69, 9.17) is 9.47 Å². The Balaban J connectivity index is 1.47. The lowest BCUT2D eigenvalue weighted by Gasteiger charge is -2.52. The predicted octanol–water partition coefficient (Wildman–Crippen LogP) is 6.09. The van der Waals surface area contributed by atoms with Gasteiger partial charge in [0.15, 0.2) is 11.6 Å². The molecule has 6 heteroatoms. The molecule has 3 saturated heterocycles. The van der Waals surface area contributed by atoms with E-state index in [0.29, 0.717) is 24.4 Å². The number of nitrogens with zero attached hydrogens (tertiary/aromatic N) is 2. The van der Waals surface area contributed by atoms with E-state index in [9.17, 15) is 0 Å². The van der Waals surface area contributed by atoms with Gasteiger partial charge in [-0.2, -0.15) is 0 Å². The molecule has 0 aromatic heterocycles. The molecule has 0 saturated carbocycles. The minimum absolute atomic E-state index is 0.00257. The third-order valence-electron chi connectivity index (χ3n) is 10.8. The van der Waals surface area contributed by atoms with Crippen molar-refractivity contribution in [2.75, 3.05) is 40.9 Å². The maximum Gasteiger partial charge on any atom is 0.189 e. The molecule has 4 aromatic rings. The van der Waals surface area contributed by atoms with E-state index >= 15 is 9.59 Å². The molecule has 4 aliphatic rings. The van der Waals surface area contributed by atoms with E-state index in [1.807, 2.05) is 60.7 Å². The number of ether oxygens (including phenoxy) is 2. The second-order valence-corrected chi connectivity index (χ2v) is 12.8. The van der Waals surface area contributed by atoms with E-state index in [1.54, 1.807) is 14.2 Å². The standard InChI is InChI=1S/C38H36N2O4/c1-39-22-26(21-25-11-4-6-18-31(25)43-2)35(41)37(23-39)34(27-14-5-7-19-32(27)44-3)30-17-10-20-40(30)38(37)29-16-9-13-24-12-8-15-28(33(24)29)36(38)42/h4-9,11-16,18-19,21,30,34H,10,17,20,22-23H2,1-3H3/b26-21+/t30-,34+,37+,38+/m1/s1. The Labute approximate surface area is 257 Å². The first-order chi connectivity index (χ1) is 21.5. The summed E-state index contributed by atoms with van der Waals surface area (Å²) in [6.07, 6.45) is 3.87. The molecule has 222 valence electrons. The van der Waals surface area contributed by atoms with Crippen LogP contribution < -0.4 is 9.47 Å². The molecule has 4 aromatic carbocycles. The molecule has 3 heterocycles. The van der Waals surface area contributed by atoms with E-state index in [2.05, 4.69) is 47.2 Å². The van der Waals surface area contributed by atoms with Crippen LogP contribution in [0.5, 0.6) is 11.5 Å². The van der Waals surface area contributed by atoms with Gasteiger partial charge in [0.25, 0.3) is 0 Å². The number of hydrogen-bond acceptors (Lipinski definition) is 6. The number of methoxy groups -OCH3 is 2. The number of benzene rings is 4. The zero-order valence-corrected chi connectivity index (χ0v) is 25.4. The predicted molar refractivity (Wildman–Crippen MR) is 171 cm³/mol. The number of fused-ring (bicyclic) bond motifs is 4. The zero-order chi connectivity index (χ0) is 30.2. The van der Waals surface area contributed by atoms with Crippen LogP contribution >= 0.6 is 0 Å². The summed E-state index contributed by atoms with van der Waals surface area (Å²) < 4.78 is 11.7. The number of Topliss-reactive ketones (excluding diaryl/α,β-unsaturated/α-hetero) is 2. The lowest BCUT2D eigenvalue weighted by atomic mass is 9.54. The zero-order valence-electron chi connectivity index (χ0n) is 25.4. The van der Waals surface area contributed by atoms with Crippen molar-refractivity contribution in [1.29, 1.82) is 0 Å². The molecule has 0 bridgehead atoms. The summed E-state index contributed by atoms with van der Waals surface area (Å²) in [7, 11) is 5.43. The van der Waals surface area contributed by atoms with Crippen molar-refractivity contribution in [2.24, 2.45) is 5.41 Å². The molecule has 0 amide bonds. The van der Waals surface area contributed by atoms with Crippen LogP contribution in [0.15, 0.2) is 90.5 Å². The minimum Gasteiger partial charge on any atom is -0.496 e. The number of hydrogen-bond donors (Lipinski definition) is 0. The monoisotopic (exact) mass is 584 g/mol. The highest BCUT2D eigenvalue weighted by atomic mass is 16.5. The molecular weight excluding hydrogens is 548 g/mol. The second-order valence-electron chi connectivity index (χ2n) is 12.8. The molecular formula is C38H36N2O4. The minimum atomic E-state index is -1.14. The van der Waals surface area contributed by atoms with Crippen LogP contribution in [0.25, 0.3) is 16.8 Å². The summed E-state index contributed by atoms with van der Waals surface area (Å²) in [6.45, 7) is 1.71. The maximum absolute atomic E-state index is 15.7. The molecule has 0 unspecified atom stereocenters. The van der Waals surface area contributed by atoms with E-state index in [1.165, 1.54) is 0 Å². The number of likely N-dealkylation sites (tertiary alicyclic amines) is 1. The van der Waals surface area contributed by atoms with E-state index < -0.39 is 11.0 Å². The fraction of sp³-hybridized carbons (Fsp3) is 0.316. The number of carbonyl (C=O) groups excluding carboxylic acids is 2. The first kappa shape index (κ1) is 27.3. The van der Waals surface area contributed by atoms with Crippen LogP contribution in [-0.2, 0) is 10.3 Å². The maximum atomic E-state index is 15.7. The number of para-hydroxylation sites is 2. The van der Waals surface area contributed by atoms with Gasteiger partial charge in [0, 0.05) is 41.7 Å². The summed E-state index contributed by atoms with van der Waals surface area (Å²) in [5, 5.41) is 2.03. The molecule has 1 aliphatic carbocycles. The van der Waals surface area contributed by atoms with Crippen LogP contribution in [0.3, 0.4) is 0 Å². The lowest BCUT2D eigenvalue weighted by Crippen LogP contribution is -2.65. The fourth-order valence-electron chi connectivity index (χ4n) is 9.44. The van der Waals surface area contributed by atoms with Gasteiger partial charge in [0.2, 0.25) is 0 Å². The number of ketones is 2. The number of piperidine rings is 1. The van der Waals surface area contributed by atoms with Crippen LogP contribution in [0.2, 0.25) is 0 Å². The van der Waals surface area contributed by atoms with Gasteiger partial charge in [-0.3, -0.25) is 14.5 Å². The topological polar surface area (TPSA) is 59.1 Å². The van der Waals surface area contributed by atoms with Crippen LogP contribution in [0.1, 0.15) is 45.8 Å². The quantitative estimate of drug-likeness (QED) is 0.271. The van der Waals surface area contributed by atoms with Crippen LogP contribution in [0, 0.1) is 5.41 Å². The molecule has 3 fully saturated rings. The Bertz CT molecular complexity index is 1870. The smallest absolute Gasteiger partial charge is 0.189 e. The van der Waals surface area contributed by atoms with Crippen LogP contribution in [0.4, 0.5) is 0 Å². The van der Waals surface area contributed by atoms with E-state index in [0.717, 1.165) is 58.2 Å². The van der Waals surface area contributed by atoms with Crippen molar-refractivity contribution in [3.63, 3.8) is 0 Å². The first-order valence-electron chi connectivity index (χ1n) is 15.5. The van der Waals surface area contributed by atoms with Crippen molar-refractivity contribution in [3.8, 4) is 11.5 Å². The highest BCUT2D eigenvalue weighted by Gasteiger charge is 2.78. The fourth-order valence-corrected chi connectivity index (χ4v) is 9.44. The summed E-state index contributed by atoms with van der Waals surface area (Å²) in [5.74, 6) is 1.32. The average molecular weight is 585 g/mol. The normalized spacial score (nSPS) is 28.9. The number of rotatable bonds is 4. The Morgan fingerprint density at radius 1 is 0.841 bits per heavy atom. The number of likely N-dealkylation sites (N-methyl/N-ethyl adjacent to an activating group) is 1. The second kappa shape index (κ2) is 9.88. The van der Waals surface area contributed by atoms with Crippen molar-refractivity contribution in [3.05, 3.63) is 113 Å². The third kappa shape index (κ3) is 3.33. The van der Waals surface area contributed by atoms with Gasteiger partial charge in [0.1, 0.15) is 17.0 Å². The lowest BCUT2D eigenvalue weighted by molar-refractivity contribution is -0.134. The van der Waals surface area contributed by atoms with Crippen molar-refractivity contribution < 1.29 is 19.1 Å². The SMILES string of the molecule is COc1ccccc1/C=C1\CN(C)C[C@@]2(C1=O)[C@@H](c1ccccc1OC)[C@H]1CCCN1[C@@]21C(=O)c2cccc3cccc1c23. The average Bonchev–Trinajstić information content (AvgIpc) is 3.68. The number of carbonyl (C=O) groups is 2. The molecule has 6 nitrogen and oxygen atoms in total. The molecule has 3 aliphatic heterocycles. The molecule has 8 rings (SSSR count). The summed E-state index contributed by atoms with van der Waals surface area (Å²) in [6, 6.07) is 28.2. The first-order valence-corrected chi connectivity index (χ1v) is 15.5. The largest absolute Gasteiger partial charge is 0.496 e. The molecule has 2 spiro atoms. The van der Waals surface area contributed by atoms with Gasteiger partial charge in [-0.15, -0.1) is 0 Å². The van der Waals surface area contributed by atoms with Gasteiger partial charge in [-0.1, -0.05) is 72.8 Å². The van der Waals surface area contributed by atoms with E-state index in [-0.39, 0.29) is 23.5 Å². The van der Waals surface area contributed by atoms with Crippen molar-refractivity contribution in [2.45, 2.75) is 30.3 Å². The summed E-state index contributed by atoms with van der Waals surface area (Å²) in [4.78, 5) is 35.8.